The third-order valence-corrected chi connectivity index (χ3v) is 3.80. The molecule has 0 aliphatic carbocycles. The van der Waals surface area contributed by atoms with Crippen LogP contribution in [-0.2, 0) is 4.74 Å². The summed E-state index contributed by atoms with van der Waals surface area (Å²) >= 11 is 5.95. The van der Waals surface area contributed by atoms with Crippen LogP contribution in [0.25, 0.3) is 0 Å². The van der Waals surface area contributed by atoms with Crippen LogP contribution in [-0.4, -0.2) is 37.4 Å². The highest BCUT2D eigenvalue weighted by Gasteiger charge is 2.19. The molecule has 0 unspecified atom stereocenters. The van der Waals surface area contributed by atoms with Crippen molar-refractivity contribution in [2.45, 2.75) is 0 Å². The number of nitro groups is 1. The number of hydrogen-bond donors (Lipinski definition) is 1. The van der Waals surface area contributed by atoms with E-state index in [-0.39, 0.29) is 27.5 Å². The van der Waals surface area contributed by atoms with Crippen LogP contribution in [0.1, 0.15) is 20.7 Å². The first kappa shape index (κ1) is 19.2. The molecule has 26 heavy (non-hydrogen) atoms. The van der Waals surface area contributed by atoms with Crippen molar-refractivity contribution < 1.29 is 24.0 Å². The third-order valence-electron chi connectivity index (χ3n) is 3.51. The van der Waals surface area contributed by atoms with Gasteiger partial charge >= 0.3 is 5.97 Å². The summed E-state index contributed by atoms with van der Waals surface area (Å²) in [5, 5.41) is 13.9. The first-order valence-electron chi connectivity index (χ1n) is 7.37. The second kappa shape index (κ2) is 8.30. The van der Waals surface area contributed by atoms with Gasteiger partial charge in [-0.15, -0.1) is 0 Å². The first-order valence-corrected chi connectivity index (χ1v) is 7.75. The lowest BCUT2D eigenvalue weighted by Gasteiger charge is -2.08. The van der Waals surface area contributed by atoms with E-state index in [1.54, 1.807) is 0 Å². The van der Waals surface area contributed by atoms with E-state index >= 15 is 0 Å². The molecule has 0 spiro atoms. The number of ketones is 1. The number of nitrogens with zero attached hydrogens (tertiary/aromatic N) is 1. The van der Waals surface area contributed by atoms with Crippen molar-refractivity contribution in [3.05, 3.63) is 62.7 Å². The molecule has 0 bridgehead atoms. The number of esters is 1. The van der Waals surface area contributed by atoms with E-state index in [0.29, 0.717) is 5.75 Å². The summed E-state index contributed by atoms with van der Waals surface area (Å²) in [6, 6.07) is 8.27. The van der Waals surface area contributed by atoms with Gasteiger partial charge in [-0.05, 0) is 30.3 Å². The first-order chi connectivity index (χ1) is 12.4. The Bertz CT molecular complexity index is 868. The quantitative estimate of drug-likeness (QED) is 0.340. The molecule has 0 atom stereocenters. The Balaban J connectivity index is 2.08. The van der Waals surface area contributed by atoms with Gasteiger partial charge in [0.2, 0.25) is 0 Å². The molecule has 0 aliphatic rings. The summed E-state index contributed by atoms with van der Waals surface area (Å²) in [6.07, 6.45) is 0. The van der Waals surface area contributed by atoms with Crippen LogP contribution >= 0.6 is 11.6 Å². The maximum absolute atomic E-state index is 12.1. The molecule has 1 N–H and O–H groups in total. The van der Waals surface area contributed by atoms with Crippen LogP contribution < -0.4 is 10.1 Å². The number of halogens is 1. The minimum atomic E-state index is -0.844. The summed E-state index contributed by atoms with van der Waals surface area (Å²) in [5.74, 6) is -0.898. The van der Waals surface area contributed by atoms with Crippen molar-refractivity contribution in [3.8, 4) is 5.75 Å². The van der Waals surface area contributed by atoms with Crippen LogP contribution in [0.4, 0.5) is 11.4 Å². The topological polar surface area (TPSA) is 108 Å². The highest BCUT2D eigenvalue weighted by Crippen LogP contribution is 2.26. The number of anilines is 1. The summed E-state index contributed by atoms with van der Waals surface area (Å²) in [7, 11) is 2.97. The molecule has 2 aromatic rings. The Kier molecular flexibility index (Phi) is 6.13. The molecule has 9 heteroatoms. The average Bonchev–Trinajstić information content (AvgIpc) is 2.64. The Hall–Kier alpha value is -3.13. The fraction of sp³-hybridized carbons (Fsp3) is 0.176. The van der Waals surface area contributed by atoms with E-state index < -0.39 is 23.3 Å². The number of Topliss-reactive ketones (excluding diaryl/α,β-unsaturated/α-hetero) is 1. The summed E-state index contributed by atoms with van der Waals surface area (Å²) in [5.41, 5.74) is 0.210. The molecular weight excluding hydrogens is 364 g/mol. The van der Waals surface area contributed by atoms with Gasteiger partial charge < -0.3 is 14.8 Å². The van der Waals surface area contributed by atoms with Gasteiger partial charge in [-0.1, -0.05) is 11.6 Å². The van der Waals surface area contributed by atoms with Gasteiger partial charge in [-0.3, -0.25) is 14.9 Å². The minimum Gasteiger partial charge on any atom is -0.495 e. The maximum atomic E-state index is 12.1. The molecule has 0 aliphatic heterocycles. The van der Waals surface area contributed by atoms with Crippen LogP contribution in [0.2, 0.25) is 5.02 Å². The smallest absolute Gasteiger partial charge is 0.338 e. The molecule has 8 nitrogen and oxygen atoms in total. The van der Waals surface area contributed by atoms with Crippen LogP contribution in [0.3, 0.4) is 0 Å². The van der Waals surface area contributed by atoms with Gasteiger partial charge in [0.1, 0.15) is 11.4 Å². The van der Waals surface area contributed by atoms with Gasteiger partial charge in [-0.25, -0.2) is 4.79 Å². The number of carbonyl (C=O) groups is 2. The van der Waals surface area contributed by atoms with Crippen LogP contribution in [0.5, 0.6) is 5.75 Å². The standard InChI is InChI=1S/C17H15ClN2O6/c1-19-13-5-3-11(8-14(13)20(23)24)17(22)26-9-15(21)10-4-6-16(25-2)12(18)7-10/h3-8,19H,9H2,1-2H3. The van der Waals surface area contributed by atoms with Crippen molar-refractivity contribution in [2.24, 2.45) is 0 Å². The monoisotopic (exact) mass is 378 g/mol. The SMILES string of the molecule is CNc1ccc(C(=O)OCC(=O)c2ccc(OC)c(Cl)c2)cc1[N+](=O)[O-]. The van der Waals surface area contributed by atoms with Crippen molar-refractivity contribution in [1.82, 2.24) is 0 Å². The molecule has 0 radical (unpaired) electrons. The van der Waals surface area contributed by atoms with E-state index in [2.05, 4.69) is 5.32 Å². The summed E-state index contributed by atoms with van der Waals surface area (Å²) in [4.78, 5) is 34.6. The Labute approximate surface area is 153 Å². The van der Waals surface area contributed by atoms with E-state index in [9.17, 15) is 19.7 Å². The number of ether oxygens (including phenoxy) is 2. The highest BCUT2D eigenvalue weighted by atomic mass is 35.5. The Morgan fingerprint density at radius 1 is 1.19 bits per heavy atom. The van der Waals surface area contributed by atoms with Gasteiger partial charge in [0.05, 0.1) is 22.6 Å². The number of rotatable bonds is 7. The molecule has 0 fully saturated rings. The lowest BCUT2D eigenvalue weighted by molar-refractivity contribution is -0.384. The van der Waals surface area contributed by atoms with Crippen LogP contribution in [0.15, 0.2) is 36.4 Å². The van der Waals surface area contributed by atoms with E-state index in [1.165, 1.54) is 44.5 Å². The molecule has 0 aromatic heterocycles. The van der Waals surface area contributed by atoms with Crippen molar-refractivity contribution >= 4 is 34.7 Å². The number of nitro benzene ring substituents is 1. The zero-order valence-corrected chi connectivity index (χ0v) is 14.7. The van der Waals surface area contributed by atoms with Gasteiger partial charge in [0.15, 0.2) is 12.4 Å². The molecule has 2 rings (SSSR count). The second-order valence-corrected chi connectivity index (χ2v) is 5.49. The third kappa shape index (κ3) is 4.28. The lowest BCUT2D eigenvalue weighted by atomic mass is 10.1. The van der Waals surface area contributed by atoms with Crippen molar-refractivity contribution in [1.29, 1.82) is 0 Å². The predicted molar refractivity (Wildman–Crippen MR) is 95.3 cm³/mol. The molecular formula is C17H15ClN2O6. The van der Waals surface area contributed by atoms with Crippen molar-refractivity contribution in [2.75, 3.05) is 26.1 Å². The summed E-state index contributed by atoms with van der Waals surface area (Å²) < 4.78 is 9.94. The summed E-state index contributed by atoms with van der Waals surface area (Å²) in [6.45, 7) is -0.525. The normalized spacial score (nSPS) is 10.1. The number of nitrogens with one attached hydrogen (secondary N) is 1. The molecule has 0 amide bonds. The predicted octanol–water partition coefficient (Wildman–Crippen LogP) is 3.34. The fourth-order valence-corrected chi connectivity index (χ4v) is 2.42. The molecule has 0 saturated heterocycles. The average molecular weight is 379 g/mol. The highest BCUT2D eigenvalue weighted by molar-refractivity contribution is 6.32. The second-order valence-electron chi connectivity index (χ2n) is 5.09. The zero-order valence-electron chi connectivity index (χ0n) is 13.9. The lowest BCUT2D eigenvalue weighted by Crippen LogP contribution is -2.14. The Morgan fingerprint density at radius 3 is 2.46 bits per heavy atom. The molecule has 0 heterocycles. The zero-order chi connectivity index (χ0) is 19.3. The molecule has 2 aromatic carbocycles. The fourth-order valence-electron chi connectivity index (χ4n) is 2.16. The number of methoxy groups -OCH3 is 1. The van der Waals surface area contributed by atoms with Gasteiger partial charge in [0, 0.05) is 18.7 Å². The van der Waals surface area contributed by atoms with E-state index in [4.69, 9.17) is 21.1 Å². The molecule has 136 valence electrons. The van der Waals surface area contributed by atoms with Gasteiger partial charge in [-0.2, -0.15) is 0 Å². The Morgan fingerprint density at radius 2 is 1.88 bits per heavy atom. The van der Waals surface area contributed by atoms with Crippen molar-refractivity contribution in [3.63, 3.8) is 0 Å². The van der Waals surface area contributed by atoms with Gasteiger partial charge in [0.25, 0.3) is 5.69 Å². The number of carbonyl (C=O) groups excluding carboxylic acids is 2. The largest absolute Gasteiger partial charge is 0.495 e. The van der Waals surface area contributed by atoms with E-state index in [0.717, 1.165) is 6.07 Å². The maximum Gasteiger partial charge on any atom is 0.338 e. The van der Waals surface area contributed by atoms with E-state index in [1.807, 2.05) is 0 Å². The number of hydrogen-bond acceptors (Lipinski definition) is 7. The number of benzene rings is 2. The minimum absolute atomic E-state index is 0.0312. The van der Waals surface area contributed by atoms with Crippen LogP contribution in [0, 0.1) is 10.1 Å². The molecule has 0 saturated carbocycles.